The highest BCUT2D eigenvalue weighted by Gasteiger charge is 2.49. The Hall–Kier alpha value is -1.63. The van der Waals surface area contributed by atoms with E-state index in [-0.39, 0.29) is 18.4 Å². The topological polar surface area (TPSA) is 90.5 Å². The number of nitrogens with one attached hydrogen (secondary N) is 3. The van der Waals surface area contributed by atoms with E-state index < -0.39 is 11.6 Å². The minimum Gasteiger partial charge on any atom is -0.353 e. The van der Waals surface area contributed by atoms with Gasteiger partial charge in [-0.25, -0.2) is 4.79 Å². The number of hydrogen-bond acceptors (Lipinski definition) is 4. The zero-order chi connectivity index (χ0) is 18.3. The van der Waals surface area contributed by atoms with Crippen LogP contribution in [0.5, 0.6) is 0 Å². The van der Waals surface area contributed by atoms with Gasteiger partial charge in [0, 0.05) is 19.1 Å². The second-order valence-corrected chi connectivity index (χ2v) is 7.10. The van der Waals surface area contributed by atoms with Crippen molar-refractivity contribution in [1.82, 2.24) is 20.9 Å². The molecule has 0 unspecified atom stereocenters. The first-order chi connectivity index (χ1) is 12.0. The minimum absolute atomic E-state index is 0.212. The predicted octanol–water partition coefficient (Wildman–Crippen LogP) is 1.53. The van der Waals surface area contributed by atoms with E-state index in [1.54, 1.807) is 0 Å². The molecule has 1 saturated heterocycles. The van der Waals surface area contributed by atoms with Gasteiger partial charge in [-0.15, -0.1) is 0 Å². The highest BCUT2D eigenvalue weighted by Crippen LogP contribution is 2.24. The Balaban J connectivity index is 1.71. The van der Waals surface area contributed by atoms with Crippen LogP contribution in [0.15, 0.2) is 0 Å². The van der Waals surface area contributed by atoms with Gasteiger partial charge < -0.3 is 16.0 Å². The Labute approximate surface area is 150 Å². The molecule has 1 saturated carbocycles. The smallest absolute Gasteiger partial charge is 0.325 e. The maximum Gasteiger partial charge on any atom is 0.325 e. The number of nitrogens with zero attached hydrogens (tertiary/aromatic N) is 1. The number of urea groups is 1. The molecule has 2 rings (SSSR count). The average molecular weight is 352 g/mol. The first kappa shape index (κ1) is 19.7. The number of hydrogen-bond donors (Lipinski definition) is 3. The molecule has 7 nitrogen and oxygen atoms in total. The summed E-state index contributed by atoms with van der Waals surface area (Å²) in [7, 11) is 0. The number of rotatable bonds is 8. The van der Waals surface area contributed by atoms with Crippen LogP contribution in [0.1, 0.15) is 65.2 Å². The summed E-state index contributed by atoms with van der Waals surface area (Å²) in [5.41, 5.74) is -0.849. The highest BCUT2D eigenvalue weighted by atomic mass is 16.2. The molecule has 0 bridgehead atoms. The van der Waals surface area contributed by atoms with E-state index in [0.29, 0.717) is 32.0 Å². The van der Waals surface area contributed by atoms with Crippen molar-refractivity contribution in [1.29, 1.82) is 0 Å². The van der Waals surface area contributed by atoms with Crippen molar-refractivity contribution in [2.24, 2.45) is 0 Å². The summed E-state index contributed by atoms with van der Waals surface area (Å²) in [5.74, 6) is -0.594. The van der Waals surface area contributed by atoms with Crippen LogP contribution in [0.3, 0.4) is 0 Å². The second kappa shape index (κ2) is 9.17. The fourth-order valence-electron chi connectivity index (χ4n) is 3.71. The quantitative estimate of drug-likeness (QED) is 0.351. The number of carbonyl (C=O) groups is 3. The highest BCUT2D eigenvalue weighted by molar-refractivity contribution is 6.08. The molecule has 142 valence electrons. The summed E-state index contributed by atoms with van der Waals surface area (Å²) in [6.45, 7) is 4.74. The molecule has 1 heterocycles. The molecular weight excluding hydrogens is 320 g/mol. The summed E-state index contributed by atoms with van der Waals surface area (Å²) >= 11 is 0. The van der Waals surface area contributed by atoms with Crippen molar-refractivity contribution in [3.63, 3.8) is 0 Å². The van der Waals surface area contributed by atoms with E-state index in [2.05, 4.69) is 16.0 Å². The lowest BCUT2D eigenvalue weighted by atomic mass is 9.93. The Morgan fingerprint density at radius 3 is 2.32 bits per heavy atom. The summed E-state index contributed by atoms with van der Waals surface area (Å²) in [6.07, 6.45) is 8.63. The van der Waals surface area contributed by atoms with Crippen molar-refractivity contribution in [3.8, 4) is 0 Å². The van der Waals surface area contributed by atoms with E-state index in [4.69, 9.17) is 0 Å². The number of amides is 4. The lowest BCUT2D eigenvalue weighted by Gasteiger charge is -2.23. The predicted molar refractivity (Wildman–Crippen MR) is 96.1 cm³/mol. The molecule has 1 aliphatic carbocycles. The maximum atomic E-state index is 12.5. The third-order valence-electron chi connectivity index (χ3n) is 5.49. The molecule has 1 aliphatic heterocycles. The lowest BCUT2D eigenvalue weighted by molar-refractivity contribution is -0.135. The van der Waals surface area contributed by atoms with Gasteiger partial charge in [-0.2, -0.15) is 0 Å². The molecule has 25 heavy (non-hydrogen) atoms. The van der Waals surface area contributed by atoms with E-state index in [1.165, 1.54) is 38.5 Å². The maximum absolute atomic E-state index is 12.5. The van der Waals surface area contributed by atoms with E-state index in [0.717, 1.165) is 4.90 Å². The normalized spacial score (nSPS) is 21.1. The van der Waals surface area contributed by atoms with Gasteiger partial charge >= 0.3 is 6.03 Å². The molecule has 2 fully saturated rings. The largest absolute Gasteiger partial charge is 0.353 e. The van der Waals surface area contributed by atoms with E-state index in [1.807, 2.05) is 13.8 Å². The van der Waals surface area contributed by atoms with Crippen LogP contribution in [-0.4, -0.2) is 54.0 Å². The molecule has 0 atom stereocenters. The molecule has 4 amide bonds. The van der Waals surface area contributed by atoms with Crippen LogP contribution in [0.25, 0.3) is 0 Å². The van der Waals surface area contributed by atoms with Crippen molar-refractivity contribution in [2.45, 2.75) is 76.8 Å². The first-order valence-corrected chi connectivity index (χ1v) is 9.66. The third kappa shape index (κ3) is 4.93. The van der Waals surface area contributed by atoms with E-state index in [9.17, 15) is 14.4 Å². The summed E-state index contributed by atoms with van der Waals surface area (Å²) in [6, 6.07) is 0.0699. The molecule has 0 aromatic carbocycles. The fraction of sp³-hybridized carbons (Fsp3) is 0.833. The summed E-state index contributed by atoms with van der Waals surface area (Å²) in [4.78, 5) is 37.6. The van der Waals surface area contributed by atoms with E-state index >= 15 is 0 Å². The van der Waals surface area contributed by atoms with Crippen LogP contribution < -0.4 is 16.0 Å². The molecule has 0 aromatic rings. The third-order valence-corrected chi connectivity index (χ3v) is 5.49. The minimum atomic E-state index is -0.849. The molecule has 3 N–H and O–H groups in total. The lowest BCUT2D eigenvalue weighted by Crippen LogP contribution is -2.47. The van der Waals surface area contributed by atoms with Crippen LogP contribution in [0.4, 0.5) is 4.79 Å². The Kier molecular flexibility index (Phi) is 7.23. The zero-order valence-corrected chi connectivity index (χ0v) is 15.5. The van der Waals surface area contributed by atoms with Crippen LogP contribution in [0.2, 0.25) is 0 Å². The molecule has 2 aliphatic rings. The van der Waals surface area contributed by atoms with Crippen molar-refractivity contribution in [3.05, 3.63) is 0 Å². The van der Waals surface area contributed by atoms with Gasteiger partial charge in [-0.3, -0.25) is 14.5 Å². The first-order valence-electron chi connectivity index (χ1n) is 9.66. The van der Waals surface area contributed by atoms with Gasteiger partial charge in [-0.05, 0) is 25.7 Å². The Bertz CT molecular complexity index is 483. The van der Waals surface area contributed by atoms with Crippen molar-refractivity contribution in [2.75, 3.05) is 19.6 Å². The SMILES string of the molecule is CCC1(CC)NC(=O)N(CC(=O)NCCNC2CCCCCC2)C1=O. The number of carbonyl (C=O) groups excluding carboxylic acids is 3. The van der Waals surface area contributed by atoms with Crippen molar-refractivity contribution < 1.29 is 14.4 Å². The zero-order valence-electron chi connectivity index (χ0n) is 15.5. The molecule has 0 aromatic heterocycles. The molecular formula is C18H32N4O3. The van der Waals surface area contributed by atoms with Gasteiger partial charge in [0.2, 0.25) is 5.91 Å². The molecule has 0 spiro atoms. The number of imide groups is 1. The van der Waals surface area contributed by atoms with Crippen molar-refractivity contribution >= 4 is 17.8 Å². The average Bonchev–Trinajstić information content (AvgIpc) is 2.80. The summed E-state index contributed by atoms with van der Waals surface area (Å²) < 4.78 is 0. The van der Waals surface area contributed by atoms with Gasteiger partial charge in [0.1, 0.15) is 12.1 Å². The molecule has 7 heteroatoms. The van der Waals surface area contributed by atoms with Crippen LogP contribution in [0, 0.1) is 0 Å². The van der Waals surface area contributed by atoms with Crippen LogP contribution in [-0.2, 0) is 9.59 Å². The summed E-state index contributed by atoms with van der Waals surface area (Å²) in [5, 5.41) is 9.01. The van der Waals surface area contributed by atoms with Gasteiger partial charge in [0.05, 0.1) is 0 Å². The van der Waals surface area contributed by atoms with Gasteiger partial charge in [-0.1, -0.05) is 39.5 Å². The second-order valence-electron chi connectivity index (χ2n) is 7.10. The van der Waals surface area contributed by atoms with Gasteiger partial charge in [0.15, 0.2) is 0 Å². The monoisotopic (exact) mass is 352 g/mol. The van der Waals surface area contributed by atoms with Crippen LogP contribution >= 0.6 is 0 Å². The Morgan fingerprint density at radius 2 is 1.76 bits per heavy atom. The fourth-order valence-corrected chi connectivity index (χ4v) is 3.71. The standard InChI is InChI=1S/C18H32N4O3/c1-3-18(4-2)16(24)22(17(25)21-18)13-15(23)20-12-11-19-14-9-7-5-6-8-10-14/h14,19H,3-13H2,1-2H3,(H,20,23)(H,21,25). The molecule has 0 radical (unpaired) electrons. The Morgan fingerprint density at radius 1 is 1.12 bits per heavy atom. The van der Waals surface area contributed by atoms with Gasteiger partial charge in [0.25, 0.3) is 5.91 Å².